The number of piperidine rings is 1. The molecule has 33 heavy (non-hydrogen) atoms. The summed E-state index contributed by atoms with van der Waals surface area (Å²) in [5.41, 5.74) is 3.83. The molecule has 6 nitrogen and oxygen atoms in total. The number of benzene rings is 2. The van der Waals surface area contributed by atoms with Crippen molar-refractivity contribution in [1.29, 1.82) is 0 Å². The maximum atomic E-state index is 13.4. The van der Waals surface area contributed by atoms with Crippen LogP contribution in [0, 0.1) is 5.82 Å². The van der Waals surface area contributed by atoms with E-state index in [9.17, 15) is 17.6 Å². The van der Waals surface area contributed by atoms with Crippen molar-refractivity contribution in [2.24, 2.45) is 0 Å². The fourth-order valence-corrected chi connectivity index (χ4v) is 5.69. The zero-order chi connectivity index (χ0) is 23.6. The number of halogens is 1. The van der Waals surface area contributed by atoms with E-state index in [1.807, 2.05) is 29.2 Å². The molecule has 1 aromatic heterocycles. The summed E-state index contributed by atoms with van der Waals surface area (Å²) >= 11 is 0. The number of carbonyl (C=O) groups is 1. The number of fused-ring (bicyclic) bond motifs is 1. The lowest BCUT2D eigenvalue weighted by Crippen LogP contribution is -2.47. The maximum Gasteiger partial charge on any atom is 0.222 e. The van der Waals surface area contributed by atoms with Crippen LogP contribution in [-0.2, 0) is 21.2 Å². The minimum Gasteiger partial charge on any atom is -0.354 e. The molecule has 0 atom stereocenters. The summed E-state index contributed by atoms with van der Waals surface area (Å²) in [6.45, 7) is 2.77. The Morgan fingerprint density at radius 3 is 2.45 bits per heavy atom. The number of rotatable bonds is 7. The molecule has 2 aromatic carbocycles. The van der Waals surface area contributed by atoms with Crippen molar-refractivity contribution in [3.63, 3.8) is 0 Å². The van der Waals surface area contributed by atoms with E-state index < -0.39 is 10.0 Å². The van der Waals surface area contributed by atoms with Gasteiger partial charge in [0, 0.05) is 49.2 Å². The molecule has 2 heterocycles. The van der Waals surface area contributed by atoms with Gasteiger partial charge in [0.05, 0.1) is 5.75 Å². The number of amides is 1. The number of para-hydroxylation sites is 1. The van der Waals surface area contributed by atoms with Crippen molar-refractivity contribution in [1.82, 2.24) is 14.2 Å². The zero-order valence-electron chi connectivity index (χ0n) is 19.1. The van der Waals surface area contributed by atoms with E-state index in [1.54, 1.807) is 26.1 Å². The first-order valence-electron chi connectivity index (χ1n) is 11.4. The highest BCUT2D eigenvalue weighted by Crippen LogP contribution is 2.32. The molecule has 0 aliphatic carbocycles. The zero-order valence-corrected chi connectivity index (χ0v) is 19.9. The topological polar surface area (TPSA) is 73.5 Å². The van der Waals surface area contributed by atoms with Gasteiger partial charge in [0.2, 0.25) is 15.9 Å². The number of likely N-dealkylation sites (tertiary alicyclic amines) is 1. The third-order valence-corrected chi connectivity index (χ3v) is 8.58. The molecule has 1 amide bonds. The number of aromatic amines is 1. The summed E-state index contributed by atoms with van der Waals surface area (Å²) in [7, 11) is -1.59. The smallest absolute Gasteiger partial charge is 0.222 e. The van der Waals surface area contributed by atoms with E-state index in [1.165, 1.54) is 16.4 Å². The molecule has 3 aromatic rings. The molecule has 0 radical (unpaired) electrons. The van der Waals surface area contributed by atoms with Crippen LogP contribution in [0.25, 0.3) is 22.2 Å². The molecule has 1 saturated heterocycles. The molecular formula is C25H30FN3O3S. The number of aryl methyl sites for hydroxylation is 1. The monoisotopic (exact) mass is 471 g/mol. The largest absolute Gasteiger partial charge is 0.354 e. The predicted octanol–water partition coefficient (Wildman–Crippen LogP) is 4.18. The Balaban J connectivity index is 1.45. The van der Waals surface area contributed by atoms with Crippen LogP contribution >= 0.6 is 0 Å². The first kappa shape index (κ1) is 23.4. The van der Waals surface area contributed by atoms with Gasteiger partial charge in [-0.2, -0.15) is 0 Å². The van der Waals surface area contributed by atoms with Crippen LogP contribution in [0.2, 0.25) is 0 Å². The van der Waals surface area contributed by atoms with Gasteiger partial charge < -0.3 is 9.88 Å². The molecule has 1 aliphatic heterocycles. The lowest BCUT2D eigenvalue weighted by molar-refractivity contribution is -0.132. The van der Waals surface area contributed by atoms with Crippen molar-refractivity contribution in [3.8, 4) is 11.3 Å². The molecule has 1 fully saturated rings. The second kappa shape index (κ2) is 9.65. The van der Waals surface area contributed by atoms with Crippen LogP contribution in [0.15, 0.2) is 48.5 Å². The molecular weight excluding hydrogens is 441 g/mol. The molecule has 1 aliphatic rings. The van der Waals surface area contributed by atoms with Crippen molar-refractivity contribution < 1.29 is 17.6 Å². The van der Waals surface area contributed by atoms with Crippen LogP contribution in [0.1, 0.15) is 31.7 Å². The van der Waals surface area contributed by atoms with Crippen molar-refractivity contribution in [2.75, 3.05) is 25.9 Å². The number of nitrogens with one attached hydrogen (secondary N) is 1. The fourth-order valence-electron chi connectivity index (χ4n) is 4.62. The van der Waals surface area contributed by atoms with Gasteiger partial charge in [-0.1, -0.05) is 18.2 Å². The number of carbonyl (C=O) groups excluding carboxylic acids is 1. The average Bonchev–Trinajstić information content (AvgIpc) is 3.21. The fraction of sp³-hybridized carbons (Fsp3) is 0.400. The van der Waals surface area contributed by atoms with Crippen molar-refractivity contribution in [2.45, 2.75) is 38.6 Å². The van der Waals surface area contributed by atoms with Gasteiger partial charge in [-0.05, 0) is 67.6 Å². The van der Waals surface area contributed by atoms with Crippen LogP contribution in [0.3, 0.4) is 0 Å². The van der Waals surface area contributed by atoms with E-state index in [-0.39, 0.29) is 23.5 Å². The van der Waals surface area contributed by atoms with Gasteiger partial charge in [0.25, 0.3) is 0 Å². The standard InChI is InChI=1S/C25H30FN3O3S/c1-3-33(31,32)28(2)20-14-16-29(17-15-20)24(30)13-12-22-21-6-4-5-7-23(21)27-25(22)18-8-10-19(26)11-9-18/h4-11,20,27H,3,12-17H2,1-2H3. The number of sulfonamides is 1. The first-order chi connectivity index (χ1) is 15.8. The Labute approximate surface area is 194 Å². The average molecular weight is 472 g/mol. The number of aromatic nitrogens is 1. The molecule has 0 saturated carbocycles. The number of hydrogen-bond acceptors (Lipinski definition) is 3. The third-order valence-electron chi connectivity index (χ3n) is 6.67. The molecule has 0 bridgehead atoms. The predicted molar refractivity (Wildman–Crippen MR) is 129 cm³/mol. The van der Waals surface area contributed by atoms with E-state index in [4.69, 9.17) is 0 Å². The molecule has 0 unspecified atom stereocenters. The van der Waals surface area contributed by atoms with Gasteiger partial charge in [-0.25, -0.2) is 17.1 Å². The van der Waals surface area contributed by atoms with Gasteiger partial charge in [-0.3, -0.25) is 4.79 Å². The number of hydrogen-bond donors (Lipinski definition) is 1. The van der Waals surface area contributed by atoms with Crippen molar-refractivity contribution >= 4 is 26.8 Å². The highest BCUT2D eigenvalue weighted by molar-refractivity contribution is 7.89. The normalized spacial score (nSPS) is 15.5. The Hall–Kier alpha value is -2.71. The van der Waals surface area contributed by atoms with Crippen LogP contribution in [0.5, 0.6) is 0 Å². The number of H-pyrrole nitrogens is 1. The second-order valence-electron chi connectivity index (χ2n) is 8.56. The molecule has 176 valence electrons. The number of nitrogens with zero attached hydrogens (tertiary/aromatic N) is 2. The summed E-state index contributed by atoms with van der Waals surface area (Å²) in [5, 5.41) is 1.06. The van der Waals surface area contributed by atoms with Crippen LogP contribution < -0.4 is 0 Å². The van der Waals surface area contributed by atoms with Gasteiger partial charge >= 0.3 is 0 Å². The lowest BCUT2D eigenvalue weighted by Gasteiger charge is -2.36. The van der Waals surface area contributed by atoms with Crippen molar-refractivity contribution in [3.05, 3.63) is 59.9 Å². The Bertz CT molecular complexity index is 1230. The minimum atomic E-state index is -3.23. The summed E-state index contributed by atoms with van der Waals surface area (Å²) in [4.78, 5) is 18.3. The second-order valence-corrected chi connectivity index (χ2v) is 10.9. The first-order valence-corrected chi connectivity index (χ1v) is 13.0. The van der Waals surface area contributed by atoms with Gasteiger partial charge in [0.1, 0.15) is 5.82 Å². The summed E-state index contributed by atoms with van der Waals surface area (Å²) in [6, 6.07) is 14.3. The van der Waals surface area contributed by atoms with E-state index in [0.717, 1.165) is 27.7 Å². The highest BCUT2D eigenvalue weighted by atomic mass is 32.2. The molecule has 0 spiro atoms. The summed E-state index contributed by atoms with van der Waals surface area (Å²) in [5.74, 6) is -0.124. The van der Waals surface area contributed by atoms with Crippen LogP contribution in [-0.4, -0.2) is 60.4 Å². The van der Waals surface area contributed by atoms with Crippen LogP contribution in [0.4, 0.5) is 4.39 Å². The molecule has 1 N–H and O–H groups in total. The lowest BCUT2D eigenvalue weighted by atomic mass is 10.00. The summed E-state index contributed by atoms with van der Waals surface area (Å²) in [6.07, 6.45) is 2.23. The van der Waals surface area contributed by atoms with E-state index in [2.05, 4.69) is 4.98 Å². The molecule has 8 heteroatoms. The Kier molecular flexibility index (Phi) is 6.86. The third kappa shape index (κ3) is 4.96. The van der Waals surface area contributed by atoms with Gasteiger partial charge in [-0.15, -0.1) is 0 Å². The van der Waals surface area contributed by atoms with E-state index >= 15 is 0 Å². The molecule has 4 rings (SSSR count). The highest BCUT2D eigenvalue weighted by Gasteiger charge is 2.30. The maximum absolute atomic E-state index is 13.4. The minimum absolute atomic E-state index is 0.0577. The van der Waals surface area contributed by atoms with Gasteiger partial charge in [0.15, 0.2) is 0 Å². The Morgan fingerprint density at radius 2 is 1.79 bits per heavy atom. The summed E-state index contributed by atoms with van der Waals surface area (Å²) < 4.78 is 39.2. The SMILES string of the molecule is CCS(=O)(=O)N(C)C1CCN(C(=O)CCc2c(-c3ccc(F)cc3)[nH]c3ccccc23)CC1. The van der Waals surface area contributed by atoms with E-state index in [0.29, 0.717) is 38.8 Å². The quantitative estimate of drug-likeness (QED) is 0.562. The Morgan fingerprint density at radius 1 is 1.12 bits per heavy atom.